The van der Waals surface area contributed by atoms with Gasteiger partial charge in [-0.1, -0.05) is 0 Å². The molecule has 1 fully saturated rings. The number of fused-ring (bicyclic) bond motifs is 3. The highest BCUT2D eigenvalue weighted by Gasteiger charge is 2.33. The van der Waals surface area contributed by atoms with E-state index in [4.69, 9.17) is 10.5 Å². The largest absolute Gasteiger partial charge is 0.573 e. The molecule has 1 saturated heterocycles. The van der Waals surface area contributed by atoms with E-state index in [0.29, 0.717) is 43.6 Å². The van der Waals surface area contributed by atoms with Gasteiger partial charge in [-0.3, -0.25) is 4.79 Å². The highest BCUT2D eigenvalue weighted by molar-refractivity contribution is 5.99. The molecule has 1 aromatic carbocycles. The number of rotatable bonds is 4. The molecule has 0 bridgehead atoms. The molecule has 1 aliphatic heterocycles. The van der Waals surface area contributed by atoms with E-state index in [1.807, 2.05) is 0 Å². The molecule has 7 nitrogen and oxygen atoms in total. The number of anilines is 1. The minimum atomic E-state index is -4.85. The van der Waals surface area contributed by atoms with Gasteiger partial charge in [-0.15, -0.1) is 13.2 Å². The smallest absolute Gasteiger partial charge is 0.406 e. The Morgan fingerprint density at radius 2 is 1.97 bits per heavy atom. The van der Waals surface area contributed by atoms with Crippen LogP contribution < -0.4 is 10.5 Å². The number of benzene rings is 1. The fraction of sp³-hybridized carbons (Fsp3) is 0.462. The number of aryl methyl sites for hydroxylation is 1. The van der Waals surface area contributed by atoms with E-state index in [-0.39, 0.29) is 35.0 Å². The maximum absolute atomic E-state index is 15.3. The second-order valence-corrected chi connectivity index (χ2v) is 9.64. The molecule has 1 atom stereocenters. The van der Waals surface area contributed by atoms with Crippen LogP contribution in [0, 0.1) is 5.82 Å². The van der Waals surface area contributed by atoms with Crippen LogP contribution in [0.5, 0.6) is 5.75 Å². The summed E-state index contributed by atoms with van der Waals surface area (Å²) in [6.45, 7) is 0.723. The molecule has 0 radical (unpaired) electrons. The number of piperidine rings is 1. The van der Waals surface area contributed by atoms with Gasteiger partial charge in [-0.25, -0.2) is 9.37 Å². The van der Waals surface area contributed by atoms with Gasteiger partial charge >= 0.3 is 6.36 Å². The summed E-state index contributed by atoms with van der Waals surface area (Å²) < 4.78 is 62.2. The fourth-order valence-electron chi connectivity index (χ4n) is 5.62. The second-order valence-electron chi connectivity index (χ2n) is 9.64. The topological polar surface area (TPSA) is 93.5 Å². The number of carbonyl (C=O) groups is 1. The molecule has 0 unspecified atom stereocenters. The van der Waals surface area contributed by atoms with Crippen molar-refractivity contribution in [2.24, 2.45) is 0 Å². The first-order valence-electron chi connectivity index (χ1n) is 12.3. The van der Waals surface area contributed by atoms with Crippen molar-refractivity contribution < 1.29 is 31.8 Å². The summed E-state index contributed by atoms with van der Waals surface area (Å²) in [5.74, 6) is -1.34. The molecule has 0 saturated carbocycles. The SMILES string of the molecule is CO[C@H]1CCCc2[nH]c3ncc(F)c(C4CCN(C(=O)c5ccc(OC(F)(F)F)cc5N)CC4)c3c2C1. The molecule has 3 N–H and O–H groups in total. The van der Waals surface area contributed by atoms with Gasteiger partial charge in [-0.05, 0) is 55.7 Å². The van der Waals surface area contributed by atoms with Crippen LogP contribution in [-0.4, -0.2) is 53.4 Å². The number of ether oxygens (including phenoxy) is 2. The minimum Gasteiger partial charge on any atom is -0.406 e. The number of nitrogens with one attached hydrogen (secondary N) is 1. The van der Waals surface area contributed by atoms with E-state index in [9.17, 15) is 18.0 Å². The monoisotopic (exact) mass is 520 g/mol. The van der Waals surface area contributed by atoms with E-state index in [1.54, 1.807) is 12.0 Å². The Labute approximate surface area is 210 Å². The lowest BCUT2D eigenvalue weighted by Crippen LogP contribution is -2.38. The summed E-state index contributed by atoms with van der Waals surface area (Å²) in [4.78, 5) is 22.4. The van der Waals surface area contributed by atoms with Crippen LogP contribution in [0.25, 0.3) is 11.0 Å². The number of amides is 1. The van der Waals surface area contributed by atoms with E-state index >= 15 is 4.39 Å². The summed E-state index contributed by atoms with van der Waals surface area (Å²) in [6, 6.07) is 3.29. The number of hydrogen-bond acceptors (Lipinski definition) is 5. The molecule has 2 aromatic heterocycles. The molecule has 11 heteroatoms. The lowest BCUT2D eigenvalue weighted by atomic mass is 9.86. The average molecular weight is 521 g/mol. The van der Waals surface area contributed by atoms with Crippen molar-refractivity contribution in [1.29, 1.82) is 0 Å². The normalized spacial score (nSPS) is 19.1. The summed E-state index contributed by atoms with van der Waals surface area (Å²) >= 11 is 0. The molecule has 5 rings (SSSR count). The molecular formula is C26H28F4N4O3. The average Bonchev–Trinajstić information content (AvgIpc) is 3.06. The summed E-state index contributed by atoms with van der Waals surface area (Å²) in [7, 11) is 1.70. The van der Waals surface area contributed by atoms with Gasteiger partial charge in [-0.2, -0.15) is 0 Å². The zero-order valence-corrected chi connectivity index (χ0v) is 20.3. The number of aromatic nitrogens is 2. The second kappa shape index (κ2) is 9.85. The molecule has 198 valence electrons. The number of likely N-dealkylation sites (tertiary alicyclic amines) is 1. The van der Waals surface area contributed by atoms with Crippen LogP contribution in [0.4, 0.5) is 23.2 Å². The van der Waals surface area contributed by atoms with Crippen LogP contribution in [0.1, 0.15) is 58.8 Å². The zero-order chi connectivity index (χ0) is 26.3. The number of nitrogen functional groups attached to an aromatic ring is 1. The molecule has 1 amide bonds. The van der Waals surface area contributed by atoms with Crippen molar-refractivity contribution in [1.82, 2.24) is 14.9 Å². The van der Waals surface area contributed by atoms with Crippen molar-refractivity contribution in [2.75, 3.05) is 25.9 Å². The van der Waals surface area contributed by atoms with E-state index in [0.717, 1.165) is 48.0 Å². The predicted molar refractivity (Wildman–Crippen MR) is 129 cm³/mol. The Morgan fingerprint density at radius 3 is 2.65 bits per heavy atom. The van der Waals surface area contributed by atoms with Crippen LogP contribution in [0.2, 0.25) is 0 Å². The maximum atomic E-state index is 15.3. The molecule has 3 heterocycles. The first-order chi connectivity index (χ1) is 17.6. The Hall–Kier alpha value is -3.34. The predicted octanol–water partition coefficient (Wildman–Crippen LogP) is 5.10. The molecular weight excluding hydrogens is 492 g/mol. The van der Waals surface area contributed by atoms with Gasteiger partial charge in [0, 0.05) is 55.0 Å². The van der Waals surface area contributed by atoms with Crippen molar-refractivity contribution in [3.63, 3.8) is 0 Å². The lowest BCUT2D eigenvalue weighted by molar-refractivity contribution is -0.274. The molecule has 37 heavy (non-hydrogen) atoms. The number of aromatic amines is 1. The zero-order valence-electron chi connectivity index (χ0n) is 20.3. The Morgan fingerprint density at radius 1 is 1.22 bits per heavy atom. The van der Waals surface area contributed by atoms with Gasteiger partial charge in [0.05, 0.1) is 17.9 Å². The number of carbonyl (C=O) groups excluding carboxylic acids is 1. The minimum absolute atomic E-state index is 0.0641. The first kappa shape index (κ1) is 25.3. The number of nitrogens with zero attached hydrogens (tertiary/aromatic N) is 2. The van der Waals surface area contributed by atoms with Crippen LogP contribution >= 0.6 is 0 Å². The van der Waals surface area contributed by atoms with Crippen LogP contribution in [0.15, 0.2) is 24.4 Å². The highest BCUT2D eigenvalue weighted by atomic mass is 19.4. The highest BCUT2D eigenvalue weighted by Crippen LogP contribution is 2.39. The van der Waals surface area contributed by atoms with E-state index < -0.39 is 12.1 Å². The van der Waals surface area contributed by atoms with Gasteiger partial charge in [0.15, 0.2) is 0 Å². The number of hydrogen-bond donors (Lipinski definition) is 2. The van der Waals surface area contributed by atoms with Crippen molar-refractivity contribution >= 4 is 22.6 Å². The van der Waals surface area contributed by atoms with Crippen molar-refractivity contribution in [3.05, 3.63) is 52.6 Å². The number of nitrogens with two attached hydrogens (primary N) is 1. The van der Waals surface area contributed by atoms with Gasteiger partial charge in [0.1, 0.15) is 17.2 Å². The molecule has 1 aliphatic carbocycles. The lowest BCUT2D eigenvalue weighted by Gasteiger charge is -2.33. The Bertz CT molecular complexity index is 1320. The van der Waals surface area contributed by atoms with E-state index in [1.165, 1.54) is 12.3 Å². The number of pyridine rings is 1. The summed E-state index contributed by atoms with van der Waals surface area (Å²) in [5, 5.41) is 0.827. The Kier molecular flexibility index (Phi) is 6.74. The number of H-pyrrole nitrogens is 1. The van der Waals surface area contributed by atoms with Gasteiger partial charge < -0.3 is 25.1 Å². The third-order valence-corrected chi connectivity index (χ3v) is 7.40. The summed E-state index contributed by atoms with van der Waals surface area (Å²) in [6.07, 6.45) is 0.987. The first-order valence-corrected chi connectivity index (χ1v) is 12.3. The number of halogens is 4. The van der Waals surface area contributed by atoms with Crippen molar-refractivity contribution in [2.45, 2.75) is 56.9 Å². The van der Waals surface area contributed by atoms with Gasteiger partial charge in [0.25, 0.3) is 5.91 Å². The third-order valence-electron chi connectivity index (χ3n) is 7.40. The van der Waals surface area contributed by atoms with Crippen LogP contribution in [0.3, 0.4) is 0 Å². The third kappa shape index (κ3) is 5.09. The molecule has 3 aromatic rings. The fourth-order valence-corrected chi connectivity index (χ4v) is 5.62. The maximum Gasteiger partial charge on any atom is 0.573 e. The van der Waals surface area contributed by atoms with Crippen molar-refractivity contribution in [3.8, 4) is 5.75 Å². The van der Waals surface area contributed by atoms with Crippen LogP contribution in [-0.2, 0) is 17.6 Å². The van der Waals surface area contributed by atoms with E-state index in [2.05, 4.69) is 14.7 Å². The summed E-state index contributed by atoms with van der Waals surface area (Å²) in [5.41, 5.74) is 9.32. The molecule has 0 spiro atoms. The molecule has 2 aliphatic rings. The Balaban J connectivity index is 1.36. The standard InChI is InChI=1S/C26H28F4N4O3/c1-36-15-3-2-4-21-18(11-15)23-22(19(27)13-32-24(23)33-21)14-7-9-34(10-8-14)25(35)17-6-5-16(12-20(17)31)37-26(28,29)30/h5-6,12-15H,2-4,7-11,31H2,1H3,(H,32,33)/t15-/m0/s1. The van der Waals surface area contributed by atoms with Gasteiger partial charge in [0.2, 0.25) is 0 Å². The number of methoxy groups -OCH3 is 1. The quantitative estimate of drug-likeness (QED) is 0.284. The number of alkyl halides is 3.